The quantitative estimate of drug-likeness (QED) is 0.652. The van der Waals surface area contributed by atoms with Crippen molar-refractivity contribution in [3.63, 3.8) is 0 Å². The Balaban J connectivity index is 1.56. The van der Waals surface area contributed by atoms with Crippen molar-refractivity contribution in [1.82, 2.24) is 0 Å². The number of hydrogen-bond donors (Lipinski definition) is 1. The fourth-order valence-corrected chi connectivity index (χ4v) is 2.31. The first kappa shape index (κ1) is 16.6. The molecule has 3 rings (SSSR count). The van der Waals surface area contributed by atoms with Gasteiger partial charge in [-0.1, -0.05) is 48.5 Å². The lowest BCUT2D eigenvalue weighted by atomic mass is 10.2. The van der Waals surface area contributed by atoms with E-state index >= 15 is 0 Å². The summed E-state index contributed by atoms with van der Waals surface area (Å²) in [5.74, 6) is 1.25. The monoisotopic (exact) mass is 333 g/mol. The summed E-state index contributed by atoms with van der Waals surface area (Å²) in [6.07, 6.45) is 0. The largest absolute Gasteiger partial charge is 0.490 e. The van der Waals surface area contributed by atoms with Gasteiger partial charge in [-0.2, -0.15) is 0 Å². The number of anilines is 1. The predicted octanol–water partition coefficient (Wildman–Crippen LogP) is 4.40. The number of benzene rings is 3. The van der Waals surface area contributed by atoms with Crippen molar-refractivity contribution in [3.8, 4) is 11.5 Å². The highest BCUT2D eigenvalue weighted by Gasteiger charge is 2.09. The molecule has 0 bridgehead atoms. The molecule has 0 aliphatic rings. The van der Waals surface area contributed by atoms with E-state index in [-0.39, 0.29) is 5.91 Å². The van der Waals surface area contributed by atoms with E-state index < -0.39 is 0 Å². The van der Waals surface area contributed by atoms with E-state index in [1.807, 2.05) is 72.8 Å². The third-order valence-corrected chi connectivity index (χ3v) is 3.52. The molecule has 0 saturated heterocycles. The van der Waals surface area contributed by atoms with E-state index in [0.29, 0.717) is 30.2 Å². The average molecular weight is 333 g/mol. The SMILES string of the molecule is O=C(Nc1ccccc1OCCOc1ccccc1)c1ccccc1. The van der Waals surface area contributed by atoms with E-state index in [2.05, 4.69) is 5.32 Å². The zero-order chi connectivity index (χ0) is 17.3. The number of nitrogens with one attached hydrogen (secondary N) is 1. The van der Waals surface area contributed by atoms with Crippen molar-refractivity contribution in [2.24, 2.45) is 0 Å². The number of carbonyl (C=O) groups is 1. The lowest BCUT2D eigenvalue weighted by Gasteiger charge is -2.13. The smallest absolute Gasteiger partial charge is 0.255 e. The van der Waals surface area contributed by atoms with Crippen LogP contribution < -0.4 is 14.8 Å². The first-order valence-corrected chi connectivity index (χ1v) is 8.09. The molecule has 4 nitrogen and oxygen atoms in total. The molecule has 0 saturated carbocycles. The molecule has 0 atom stereocenters. The van der Waals surface area contributed by atoms with Crippen LogP contribution in [0.3, 0.4) is 0 Å². The van der Waals surface area contributed by atoms with E-state index in [9.17, 15) is 4.79 Å². The minimum atomic E-state index is -0.169. The molecule has 3 aromatic carbocycles. The molecule has 0 unspecified atom stereocenters. The normalized spacial score (nSPS) is 10.1. The maximum absolute atomic E-state index is 12.3. The Labute approximate surface area is 147 Å². The Hall–Kier alpha value is -3.27. The number of carbonyl (C=O) groups excluding carboxylic acids is 1. The van der Waals surface area contributed by atoms with Gasteiger partial charge in [0.2, 0.25) is 0 Å². The molecule has 3 aromatic rings. The number of amides is 1. The third-order valence-electron chi connectivity index (χ3n) is 3.52. The highest BCUT2D eigenvalue weighted by atomic mass is 16.5. The Bertz CT molecular complexity index is 804. The van der Waals surface area contributed by atoms with Crippen LogP contribution in [0.5, 0.6) is 11.5 Å². The van der Waals surface area contributed by atoms with Gasteiger partial charge in [-0.3, -0.25) is 4.79 Å². The van der Waals surface area contributed by atoms with Gasteiger partial charge in [0.05, 0.1) is 5.69 Å². The minimum Gasteiger partial charge on any atom is -0.490 e. The third kappa shape index (κ3) is 4.85. The van der Waals surface area contributed by atoms with E-state index in [1.165, 1.54) is 0 Å². The lowest BCUT2D eigenvalue weighted by molar-refractivity contribution is 0.102. The second kappa shape index (κ2) is 8.55. The molecule has 1 amide bonds. The van der Waals surface area contributed by atoms with Crippen molar-refractivity contribution in [3.05, 3.63) is 90.5 Å². The van der Waals surface area contributed by atoms with Gasteiger partial charge in [0.1, 0.15) is 24.7 Å². The molecule has 126 valence electrons. The van der Waals surface area contributed by atoms with Crippen molar-refractivity contribution >= 4 is 11.6 Å². The van der Waals surface area contributed by atoms with Crippen LogP contribution in [0.15, 0.2) is 84.9 Å². The Morgan fingerprint density at radius 1 is 0.720 bits per heavy atom. The molecule has 0 aromatic heterocycles. The highest BCUT2D eigenvalue weighted by Crippen LogP contribution is 2.24. The lowest BCUT2D eigenvalue weighted by Crippen LogP contribution is -2.14. The van der Waals surface area contributed by atoms with Crippen molar-refractivity contribution in [1.29, 1.82) is 0 Å². The van der Waals surface area contributed by atoms with Crippen LogP contribution in [-0.2, 0) is 0 Å². The van der Waals surface area contributed by atoms with Gasteiger partial charge in [-0.25, -0.2) is 0 Å². The first-order valence-electron chi connectivity index (χ1n) is 8.09. The second-order valence-corrected chi connectivity index (χ2v) is 5.33. The first-order chi connectivity index (χ1) is 12.3. The van der Waals surface area contributed by atoms with E-state index in [0.717, 1.165) is 5.75 Å². The van der Waals surface area contributed by atoms with Crippen LogP contribution in [0, 0.1) is 0 Å². The number of rotatable bonds is 7. The van der Waals surface area contributed by atoms with Crippen LogP contribution in [0.1, 0.15) is 10.4 Å². The van der Waals surface area contributed by atoms with Gasteiger partial charge < -0.3 is 14.8 Å². The van der Waals surface area contributed by atoms with Crippen LogP contribution in [0.2, 0.25) is 0 Å². The van der Waals surface area contributed by atoms with Crippen LogP contribution >= 0.6 is 0 Å². The molecular weight excluding hydrogens is 314 g/mol. The topological polar surface area (TPSA) is 47.6 Å². The highest BCUT2D eigenvalue weighted by molar-refractivity contribution is 6.04. The summed E-state index contributed by atoms with van der Waals surface area (Å²) in [7, 11) is 0. The summed E-state index contributed by atoms with van der Waals surface area (Å²) in [6.45, 7) is 0.804. The maximum atomic E-state index is 12.3. The van der Waals surface area contributed by atoms with Crippen molar-refractivity contribution in [2.45, 2.75) is 0 Å². The van der Waals surface area contributed by atoms with Gasteiger partial charge in [0, 0.05) is 5.56 Å². The van der Waals surface area contributed by atoms with Gasteiger partial charge in [0.25, 0.3) is 5.91 Å². The zero-order valence-electron chi connectivity index (χ0n) is 13.7. The molecule has 1 N–H and O–H groups in total. The van der Waals surface area contributed by atoms with Crippen LogP contribution in [0.25, 0.3) is 0 Å². The molecule has 4 heteroatoms. The Morgan fingerprint density at radius 3 is 2.08 bits per heavy atom. The fraction of sp³-hybridized carbons (Fsp3) is 0.0952. The number of ether oxygens (including phenoxy) is 2. The summed E-state index contributed by atoms with van der Waals surface area (Å²) < 4.78 is 11.4. The van der Waals surface area contributed by atoms with E-state index in [1.54, 1.807) is 12.1 Å². The van der Waals surface area contributed by atoms with Crippen LogP contribution in [0.4, 0.5) is 5.69 Å². The van der Waals surface area contributed by atoms with Gasteiger partial charge >= 0.3 is 0 Å². The van der Waals surface area contributed by atoms with Gasteiger partial charge in [-0.15, -0.1) is 0 Å². The summed E-state index contributed by atoms with van der Waals surface area (Å²) in [5, 5.41) is 2.88. The number of hydrogen-bond acceptors (Lipinski definition) is 3. The average Bonchev–Trinajstić information content (AvgIpc) is 2.68. The molecule has 0 aliphatic carbocycles. The fourth-order valence-electron chi connectivity index (χ4n) is 2.31. The molecule has 0 fully saturated rings. The predicted molar refractivity (Wildman–Crippen MR) is 98.3 cm³/mol. The summed E-state index contributed by atoms with van der Waals surface area (Å²) >= 11 is 0. The van der Waals surface area contributed by atoms with Crippen molar-refractivity contribution < 1.29 is 14.3 Å². The number of para-hydroxylation sites is 3. The molecule has 0 spiro atoms. The Kier molecular flexibility index (Phi) is 5.67. The zero-order valence-corrected chi connectivity index (χ0v) is 13.7. The van der Waals surface area contributed by atoms with Crippen LogP contribution in [-0.4, -0.2) is 19.1 Å². The van der Waals surface area contributed by atoms with Gasteiger partial charge in [0.15, 0.2) is 0 Å². The van der Waals surface area contributed by atoms with E-state index in [4.69, 9.17) is 9.47 Å². The molecule has 0 aliphatic heterocycles. The molecule has 0 radical (unpaired) electrons. The molecule has 25 heavy (non-hydrogen) atoms. The summed E-state index contributed by atoms with van der Waals surface area (Å²) in [4.78, 5) is 12.3. The Morgan fingerprint density at radius 2 is 1.32 bits per heavy atom. The van der Waals surface area contributed by atoms with Gasteiger partial charge in [-0.05, 0) is 36.4 Å². The second-order valence-electron chi connectivity index (χ2n) is 5.33. The molecular formula is C21H19NO3. The standard InChI is InChI=1S/C21H19NO3/c23-21(17-9-3-1-4-10-17)22-19-13-7-8-14-20(19)25-16-15-24-18-11-5-2-6-12-18/h1-14H,15-16H2,(H,22,23). The molecule has 0 heterocycles. The van der Waals surface area contributed by atoms with Crippen molar-refractivity contribution in [2.75, 3.05) is 18.5 Å². The summed E-state index contributed by atoms with van der Waals surface area (Å²) in [5.41, 5.74) is 1.24. The summed E-state index contributed by atoms with van der Waals surface area (Å²) in [6, 6.07) is 26.0. The minimum absolute atomic E-state index is 0.169. The maximum Gasteiger partial charge on any atom is 0.255 e.